The van der Waals surface area contributed by atoms with Crippen LogP contribution in [0.15, 0.2) is 65.2 Å². The summed E-state index contributed by atoms with van der Waals surface area (Å²) in [5.74, 6) is -0.520. The second kappa shape index (κ2) is 8.18. The van der Waals surface area contributed by atoms with Crippen LogP contribution < -0.4 is 5.32 Å². The highest BCUT2D eigenvalue weighted by atomic mass is 16.5. The van der Waals surface area contributed by atoms with Crippen molar-refractivity contribution < 1.29 is 19.2 Å². The summed E-state index contributed by atoms with van der Waals surface area (Å²) in [5.41, 5.74) is 2.59. The second-order valence-corrected chi connectivity index (χ2v) is 6.04. The Morgan fingerprint density at radius 3 is 2.63 bits per heavy atom. The summed E-state index contributed by atoms with van der Waals surface area (Å²) in [6.07, 6.45) is 0. The first-order chi connectivity index (χ1) is 13.0. The van der Waals surface area contributed by atoms with Crippen molar-refractivity contribution in [2.75, 3.05) is 18.9 Å². The topological polar surface area (TPSA) is 95.7 Å². The molecule has 1 heterocycles. The first kappa shape index (κ1) is 18.2. The molecule has 1 amide bonds. The normalized spacial score (nSPS) is 10.4. The Bertz CT molecular complexity index is 937. The number of aromatic nitrogens is 1. The Morgan fingerprint density at radius 2 is 1.89 bits per heavy atom. The van der Waals surface area contributed by atoms with E-state index in [0.717, 1.165) is 5.56 Å². The molecule has 0 bridgehead atoms. The van der Waals surface area contributed by atoms with Gasteiger partial charge >= 0.3 is 5.97 Å². The fourth-order valence-corrected chi connectivity index (χ4v) is 2.60. The van der Waals surface area contributed by atoms with E-state index < -0.39 is 5.97 Å². The molecular weight excluding hydrogens is 346 g/mol. The first-order valence-electron chi connectivity index (χ1n) is 8.35. The van der Waals surface area contributed by atoms with E-state index in [9.17, 15) is 9.59 Å². The minimum Gasteiger partial charge on any atom is -0.480 e. The van der Waals surface area contributed by atoms with E-state index in [1.807, 2.05) is 36.4 Å². The van der Waals surface area contributed by atoms with Gasteiger partial charge in [-0.2, -0.15) is 0 Å². The number of rotatable bonds is 7. The summed E-state index contributed by atoms with van der Waals surface area (Å²) in [7, 11) is 1.68. The minimum absolute atomic E-state index is 0.196. The number of aliphatic carboxylic acids is 1. The largest absolute Gasteiger partial charge is 0.480 e. The van der Waals surface area contributed by atoms with Crippen LogP contribution >= 0.6 is 0 Å². The molecule has 2 aromatic carbocycles. The van der Waals surface area contributed by atoms with Gasteiger partial charge in [0, 0.05) is 29.9 Å². The molecule has 7 heteroatoms. The fourth-order valence-electron chi connectivity index (χ4n) is 2.60. The zero-order valence-corrected chi connectivity index (χ0v) is 14.8. The number of carbonyl (C=O) groups excluding carboxylic acids is 1. The summed E-state index contributed by atoms with van der Waals surface area (Å²) >= 11 is 0. The standard InChI is InChI=1S/C20H19N3O4/c1-23(13-17-11-18(27-22-17)14-6-3-2-4-7-14)20(26)15-8-5-9-16(10-15)21-12-19(24)25/h2-11,21H,12-13H2,1H3,(H,24,25). The van der Waals surface area contributed by atoms with Crippen LogP contribution in [0.2, 0.25) is 0 Å². The van der Waals surface area contributed by atoms with E-state index in [-0.39, 0.29) is 12.5 Å². The van der Waals surface area contributed by atoms with Crippen molar-refractivity contribution in [2.45, 2.75) is 6.54 Å². The van der Waals surface area contributed by atoms with E-state index in [1.54, 1.807) is 31.3 Å². The molecule has 2 N–H and O–H groups in total. The fraction of sp³-hybridized carbons (Fsp3) is 0.150. The number of carbonyl (C=O) groups is 2. The lowest BCUT2D eigenvalue weighted by Crippen LogP contribution is -2.26. The van der Waals surface area contributed by atoms with Gasteiger partial charge in [-0.1, -0.05) is 41.6 Å². The summed E-state index contributed by atoms with van der Waals surface area (Å²) in [5, 5.41) is 15.5. The average molecular weight is 365 g/mol. The van der Waals surface area contributed by atoms with Gasteiger partial charge in [-0.3, -0.25) is 9.59 Å². The van der Waals surface area contributed by atoms with Gasteiger partial charge in [-0.25, -0.2) is 0 Å². The molecule has 0 spiro atoms. The van der Waals surface area contributed by atoms with Crippen LogP contribution in [-0.2, 0) is 11.3 Å². The third-order valence-corrected chi connectivity index (χ3v) is 3.92. The Balaban J connectivity index is 1.67. The van der Waals surface area contributed by atoms with Gasteiger partial charge in [0.15, 0.2) is 5.76 Å². The molecule has 0 fully saturated rings. The van der Waals surface area contributed by atoms with Gasteiger partial charge in [0.1, 0.15) is 12.2 Å². The molecule has 0 saturated carbocycles. The Morgan fingerprint density at radius 1 is 1.11 bits per heavy atom. The van der Waals surface area contributed by atoms with Gasteiger partial charge < -0.3 is 19.8 Å². The maximum absolute atomic E-state index is 12.6. The number of carboxylic acids is 1. The quantitative estimate of drug-likeness (QED) is 0.668. The van der Waals surface area contributed by atoms with Crippen LogP contribution in [0.3, 0.4) is 0 Å². The smallest absolute Gasteiger partial charge is 0.322 e. The zero-order chi connectivity index (χ0) is 19.2. The SMILES string of the molecule is CN(Cc1cc(-c2ccccc2)on1)C(=O)c1cccc(NCC(=O)O)c1. The van der Waals surface area contributed by atoms with Crippen molar-refractivity contribution in [3.8, 4) is 11.3 Å². The number of carboxylic acid groups (broad SMARTS) is 1. The zero-order valence-electron chi connectivity index (χ0n) is 14.8. The highest BCUT2D eigenvalue weighted by Gasteiger charge is 2.15. The third-order valence-electron chi connectivity index (χ3n) is 3.92. The third kappa shape index (κ3) is 4.72. The van der Waals surface area contributed by atoms with Crippen LogP contribution in [0.5, 0.6) is 0 Å². The van der Waals surface area contributed by atoms with Gasteiger partial charge in [0.05, 0.1) is 6.54 Å². The van der Waals surface area contributed by atoms with E-state index in [1.165, 1.54) is 4.90 Å². The molecule has 0 unspecified atom stereocenters. The number of amides is 1. The van der Waals surface area contributed by atoms with E-state index in [4.69, 9.17) is 9.63 Å². The van der Waals surface area contributed by atoms with Gasteiger partial charge in [-0.05, 0) is 18.2 Å². The molecule has 0 radical (unpaired) electrons. The number of anilines is 1. The maximum atomic E-state index is 12.6. The Hall–Kier alpha value is -3.61. The number of benzene rings is 2. The van der Waals surface area contributed by atoms with Crippen LogP contribution in [-0.4, -0.2) is 40.6 Å². The van der Waals surface area contributed by atoms with E-state index in [0.29, 0.717) is 29.2 Å². The molecule has 1 aromatic heterocycles. The van der Waals surface area contributed by atoms with Crippen molar-refractivity contribution >= 4 is 17.6 Å². The number of nitrogens with zero attached hydrogens (tertiary/aromatic N) is 2. The Labute approximate surface area is 156 Å². The lowest BCUT2D eigenvalue weighted by molar-refractivity contribution is -0.134. The summed E-state index contributed by atoms with van der Waals surface area (Å²) in [6, 6.07) is 18.1. The molecule has 3 rings (SSSR count). The lowest BCUT2D eigenvalue weighted by Gasteiger charge is -2.16. The van der Waals surface area contributed by atoms with Crippen molar-refractivity contribution in [1.82, 2.24) is 10.1 Å². The van der Waals surface area contributed by atoms with E-state index in [2.05, 4.69) is 10.5 Å². The molecule has 0 atom stereocenters. The molecule has 138 valence electrons. The van der Waals surface area contributed by atoms with Gasteiger partial charge in [-0.15, -0.1) is 0 Å². The molecule has 0 aliphatic rings. The predicted octanol–water partition coefficient (Wildman–Crippen LogP) is 3.11. The highest BCUT2D eigenvalue weighted by Crippen LogP contribution is 2.21. The molecule has 27 heavy (non-hydrogen) atoms. The van der Waals surface area contributed by atoms with Crippen LogP contribution in [0.4, 0.5) is 5.69 Å². The first-order valence-corrected chi connectivity index (χ1v) is 8.35. The summed E-state index contributed by atoms with van der Waals surface area (Å²) < 4.78 is 5.36. The van der Waals surface area contributed by atoms with Crippen molar-refractivity contribution in [1.29, 1.82) is 0 Å². The Kier molecular flexibility index (Phi) is 5.51. The summed E-state index contributed by atoms with van der Waals surface area (Å²) in [4.78, 5) is 24.8. The van der Waals surface area contributed by atoms with Crippen LogP contribution in [0.25, 0.3) is 11.3 Å². The number of nitrogens with one attached hydrogen (secondary N) is 1. The molecule has 7 nitrogen and oxygen atoms in total. The second-order valence-electron chi connectivity index (χ2n) is 6.04. The number of hydrogen-bond acceptors (Lipinski definition) is 5. The monoisotopic (exact) mass is 365 g/mol. The van der Waals surface area contributed by atoms with Crippen molar-refractivity contribution in [3.63, 3.8) is 0 Å². The molecule has 0 aliphatic carbocycles. The predicted molar refractivity (Wildman–Crippen MR) is 100 cm³/mol. The van der Waals surface area contributed by atoms with Gasteiger partial charge in [0.2, 0.25) is 0 Å². The minimum atomic E-state index is -0.968. The van der Waals surface area contributed by atoms with Crippen molar-refractivity contribution in [2.24, 2.45) is 0 Å². The maximum Gasteiger partial charge on any atom is 0.322 e. The molecule has 0 aliphatic heterocycles. The lowest BCUT2D eigenvalue weighted by atomic mass is 10.1. The molecule has 3 aromatic rings. The highest BCUT2D eigenvalue weighted by molar-refractivity contribution is 5.95. The molecular formula is C20H19N3O4. The average Bonchev–Trinajstić information content (AvgIpc) is 3.15. The van der Waals surface area contributed by atoms with Crippen molar-refractivity contribution in [3.05, 3.63) is 71.9 Å². The number of hydrogen-bond donors (Lipinski definition) is 2. The summed E-state index contributed by atoms with van der Waals surface area (Å²) in [6.45, 7) is 0.0800. The van der Waals surface area contributed by atoms with Crippen LogP contribution in [0.1, 0.15) is 16.1 Å². The van der Waals surface area contributed by atoms with Gasteiger partial charge in [0.25, 0.3) is 5.91 Å². The van der Waals surface area contributed by atoms with Crippen LogP contribution in [0, 0.1) is 0 Å². The van der Waals surface area contributed by atoms with E-state index >= 15 is 0 Å². The molecule has 0 saturated heterocycles.